The van der Waals surface area contributed by atoms with Crippen molar-refractivity contribution in [3.63, 3.8) is 0 Å². The Hall–Kier alpha value is -0.0800. The van der Waals surface area contributed by atoms with E-state index < -0.39 is 0 Å². The van der Waals surface area contributed by atoms with Crippen LogP contribution in [0.5, 0.6) is 0 Å². The van der Waals surface area contributed by atoms with Gasteiger partial charge in [-0.15, -0.1) is 0 Å². The maximum absolute atomic E-state index is 9.14. The molecule has 0 aromatic rings. The fourth-order valence-corrected chi connectivity index (χ4v) is 7.74. The average Bonchev–Trinajstić information content (AvgIpc) is 2.46. The zero-order chi connectivity index (χ0) is 12.8. The highest BCUT2D eigenvalue weighted by Gasteiger charge is 2.31. The van der Waals surface area contributed by atoms with Crippen molar-refractivity contribution in [2.75, 3.05) is 6.16 Å². The van der Waals surface area contributed by atoms with E-state index in [0.29, 0.717) is 5.92 Å². The van der Waals surface area contributed by atoms with Crippen LogP contribution in [0, 0.1) is 17.2 Å². The van der Waals surface area contributed by atoms with Crippen molar-refractivity contribution < 1.29 is 0 Å². The zero-order valence-electron chi connectivity index (χ0n) is 11.9. The maximum Gasteiger partial charge on any atom is 0.0656 e. The Morgan fingerprint density at radius 2 is 1.39 bits per heavy atom. The minimum Gasteiger partial charge on any atom is -0.198 e. The summed E-state index contributed by atoms with van der Waals surface area (Å²) in [5.74, 6) is 0.292. The van der Waals surface area contributed by atoms with Gasteiger partial charge in [0.1, 0.15) is 0 Å². The van der Waals surface area contributed by atoms with Gasteiger partial charge < -0.3 is 0 Å². The van der Waals surface area contributed by atoms with Crippen LogP contribution in [0.3, 0.4) is 0 Å². The van der Waals surface area contributed by atoms with Gasteiger partial charge in [-0.2, -0.15) is 5.26 Å². The van der Waals surface area contributed by atoms with Gasteiger partial charge in [0.25, 0.3) is 0 Å². The number of hydrogen-bond acceptors (Lipinski definition) is 1. The molecule has 2 rings (SSSR count). The lowest BCUT2D eigenvalue weighted by molar-refractivity contribution is 0.483. The smallest absolute Gasteiger partial charge is 0.0656 e. The first kappa shape index (κ1) is 14.3. The van der Waals surface area contributed by atoms with E-state index in [4.69, 9.17) is 5.26 Å². The van der Waals surface area contributed by atoms with Crippen molar-refractivity contribution in [2.24, 2.45) is 5.92 Å². The van der Waals surface area contributed by atoms with Crippen molar-refractivity contribution in [2.45, 2.75) is 82.4 Å². The third kappa shape index (κ3) is 3.96. The van der Waals surface area contributed by atoms with Crippen molar-refractivity contribution in [1.82, 2.24) is 0 Å². The second-order valence-electron chi connectivity index (χ2n) is 6.31. The monoisotopic (exact) mass is 265 g/mol. The highest BCUT2D eigenvalue weighted by molar-refractivity contribution is 7.59. The lowest BCUT2D eigenvalue weighted by Gasteiger charge is -2.39. The Balaban J connectivity index is 1.98. The first-order valence-electron chi connectivity index (χ1n) is 7.96. The van der Waals surface area contributed by atoms with Crippen molar-refractivity contribution in [3.8, 4) is 6.07 Å². The van der Waals surface area contributed by atoms with Gasteiger partial charge in [0.15, 0.2) is 0 Å². The fraction of sp³-hybridized carbons (Fsp3) is 0.938. The van der Waals surface area contributed by atoms with Crippen LogP contribution in [0.15, 0.2) is 0 Å². The van der Waals surface area contributed by atoms with Crippen LogP contribution in [0.1, 0.15) is 71.1 Å². The van der Waals surface area contributed by atoms with E-state index in [1.807, 2.05) is 0 Å². The molecule has 1 atom stereocenters. The van der Waals surface area contributed by atoms with Gasteiger partial charge in [0, 0.05) is 5.92 Å². The molecule has 0 aromatic carbocycles. The molecule has 0 aromatic heterocycles. The molecule has 0 N–H and O–H groups in total. The SMILES string of the molecule is C[C@@H](C#N)CP(C1CCCCC1)C1CCCCC1. The van der Waals surface area contributed by atoms with Crippen LogP contribution in [0.2, 0.25) is 0 Å². The predicted octanol–water partition coefficient (Wildman–Crippen LogP) is 5.29. The highest BCUT2D eigenvalue weighted by atomic mass is 31.1. The molecule has 2 aliphatic rings. The quantitative estimate of drug-likeness (QED) is 0.633. The summed E-state index contributed by atoms with van der Waals surface area (Å²) in [6, 6.07) is 2.49. The van der Waals surface area contributed by atoms with Gasteiger partial charge in [-0.25, -0.2) is 0 Å². The molecule has 0 unspecified atom stereocenters. The van der Waals surface area contributed by atoms with Gasteiger partial charge in [-0.05, 0) is 50.1 Å². The van der Waals surface area contributed by atoms with Crippen LogP contribution in [-0.4, -0.2) is 17.5 Å². The molecule has 2 fully saturated rings. The van der Waals surface area contributed by atoms with E-state index >= 15 is 0 Å². The van der Waals surface area contributed by atoms with E-state index in [2.05, 4.69) is 13.0 Å². The number of nitrogens with zero attached hydrogens (tertiary/aromatic N) is 1. The number of nitriles is 1. The molecule has 0 spiro atoms. The third-order valence-electron chi connectivity index (χ3n) is 4.79. The summed E-state index contributed by atoms with van der Waals surface area (Å²) in [7, 11) is 0.135. The second-order valence-corrected chi connectivity index (χ2v) is 9.16. The molecule has 0 amide bonds. The van der Waals surface area contributed by atoms with Gasteiger partial charge in [-0.1, -0.05) is 46.4 Å². The fourth-order valence-electron chi connectivity index (χ4n) is 3.78. The molecule has 0 saturated heterocycles. The van der Waals surface area contributed by atoms with Crippen LogP contribution >= 0.6 is 7.92 Å². The van der Waals surface area contributed by atoms with Gasteiger partial charge in [0.05, 0.1) is 6.07 Å². The molecule has 1 nitrogen and oxygen atoms in total. The average molecular weight is 265 g/mol. The number of hydrogen-bond donors (Lipinski definition) is 0. The molecule has 2 saturated carbocycles. The summed E-state index contributed by atoms with van der Waals surface area (Å²) in [6.45, 7) is 2.14. The van der Waals surface area contributed by atoms with E-state index in [1.165, 1.54) is 70.4 Å². The second kappa shape index (κ2) is 7.49. The maximum atomic E-state index is 9.14. The standard InChI is InChI=1S/C16H28NP/c1-14(12-17)13-18(15-8-4-2-5-9-15)16-10-6-3-7-11-16/h14-16H,2-11,13H2,1H3/t14-/m0/s1. The summed E-state index contributed by atoms with van der Waals surface area (Å²) >= 11 is 0. The lowest BCUT2D eigenvalue weighted by Crippen LogP contribution is -2.23. The summed E-state index contributed by atoms with van der Waals surface area (Å²) in [4.78, 5) is 0. The highest BCUT2D eigenvalue weighted by Crippen LogP contribution is 2.56. The Labute approximate surface area is 114 Å². The largest absolute Gasteiger partial charge is 0.198 e. The van der Waals surface area contributed by atoms with Crippen LogP contribution < -0.4 is 0 Å². The zero-order valence-corrected chi connectivity index (χ0v) is 12.8. The van der Waals surface area contributed by atoms with Gasteiger partial charge >= 0.3 is 0 Å². The molecule has 18 heavy (non-hydrogen) atoms. The summed E-state index contributed by atoms with van der Waals surface area (Å²) in [6.07, 6.45) is 15.9. The van der Waals surface area contributed by atoms with Crippen LogP contribution in [0.25, 0.3) is 0 Å². The number of rotatable bonds is 4. The topological polar surface area (TPSA) is 23.8 Å². The van der Waals surface area contributed by atoms with Crippen LogP contribution in [-0.2, 0) is 0 Å². The summed E-state index contributed by atoms with van der Waals surface area (Å²) in [5.41, 5.74) is 2.01. The van der Waals surface area contributed by atoms with E-state index in [1.54, 1.807) is 0 Å². The summed E-state index contributed by atoms with van der Waals surface area (Å²) < 4.78 is 0. The predicted molar refractivity (Wildman–Crippen MR) is 80.3 cm³/mol. The van der Waals surface area contributed by atoms with E-state index in [-0.39, 0.29) is 7.92 Å². The lowest BCUT2D eigenvalue weighted by atomic mass is 9.99. The van der Waals surface area contributed by atoms with Gasteiger partial charge in [-0.3, -0.25) is 0 Å². The molecule has 0 bridgehead atoms. The normalized spacial score (nSPS) is 24.9. The molecule has 2 aliphatic carbocycles. The molecular weight excluding hydrogens is 237 g/mol. The molecule has 0 radical (unpaired) electrons. The van der Waals surface area contributed by atoms with Crippen molar-refractivity contribution in [1.29, 1.82) is 5.26 Å². The summed E-state index contributed by atoms with van der Waals surface area (Å²) in [5, 5.41) is 9.14. The Bertz CT molecular complexity index is 253. The molecule has 102 valence electrons. The Morgan fingerprint density at radius 3 is 1.78 bits per heavy atom. The molecule has 0 heterocycles. The van der Waals surface area contributed by atoms with Crippen LogP contribution in [0.4, 0.5) is 0 Å². The van der Waals surface area contributed by atoms with E-state index in [0.717, 1.165) is 11.3 Å². The minimum atomic E-state index is 0.135. The Morgan fingerprint density at radius 1 is 0.944 bits per heavy atom. The molecular formula is C16H28NP. The molecule has 0 aliphatic heterocycles. The van der Waals surface area contributed by atoms with E-state index in [9.17, 15) is 0 Å². The molecule has 2 heteroatoms. The van der Waals surface area contributed by atoms with Crippen molar-refractivity contribution >= 4 is 7.92 Å². The minimum absolute atomic E-state index is 0.135. The first-order chi connectivity index (χ1) is 8.81. The first-order valence-corrected chi connectivity index (χ1v) is 9.63. The third-order valence-corrected chi connectivity index (χ3v) is 8.67. The van der Waals surface area contributed by atoms with Gasteiger partial charge in [0.2, 0.25) is 0 Å². The van der Waals surface area contributed by atoms with Crippen molar-refractivity contribution in [3.05, 3.63) is 0 Å². The Kier molecular flexibility index (Phi) is 5.97.